The van der Waals surface area contributed by atoms with E-state index in [1.807, 2.05) is 24.3 Å². The van der Waals surface area contributed by atoms with Crippen molar-refractivity contribution < 1.29 is 4.79 Å². The molecule has 3 heteroatoms. The van der Waals surface area contributed by atoms with E-state index in [-0.39, 0.29) is 5.78 Å². The summed E-state index contributed by atoms with van der Waals surface area (Å²) in [6.45, 7) is 0.343. The molecule has 0 saturated heterocycles. The molecule has 1 aromatic heterocycles. The number of nitrogens with one attached hydrogen (secondary N) is 1. The van der Waals surface area contributed by atoms with Crippen LogP contribution < -0.4 is 5.32 Å². The van der Waals surface area contributed by atoms with Gasteiger partial charge in [0.05, 0.1) is 6.54 Å². The summed E-state index contributed by atoms with van der Waals surface area (Å²) in [5, 5.41) is 4.82. The Morgan fingerprint density at radius 3 is 2.93 bits per heavy atom. The van der Waals surface area contributed by atoms with Crippen molar-refractivity contribution in [2.75, 3.05) is 13.6 Å². The number of nitrogens with zero attached hydrogens (tertiary/aromatic N) is 1. The van der Waals surface area contributed by atoms with Crippen LogP contribution in [0.3, 0.4) is 0 Å². The molecule has 0 bridgehead atoms. The van der Waals surface area contributed by atoms with E-state index in [1.165, 1.54) is 0 Å². The van der Waals surface area contributed by atoms with E-state index >= 15 is 0 Å². The van der Waals surface area contributed by atoms with Gasteiger partial charge < -0.3 is 5.32 Å². The molecule has 0 fully saturated rings. The highest BCUT2D eigenvalue weighted by molar-refractivity contribution is 6.08. The second-order valence-electron chi connectivity index (χ2n) is 3.36. The molecule has 0 saturated carbocycles. The highest BCUT2D eigenvalue weighted by Crippen LogP contribution is 2.16. The van der Waals surface area contributed by atoms with Crippen LogP contribution in [0.5, 0.6) is 0 Å². The average Bonchev–Trinajstić information content (AvgIpc) is 2.28. The number of aromatic nitrogens is 1. The lowest BCUT2D eigenvalue weighted by Crippen LogP contribution is -2.18. The van der Waals surface area contributed by atoms with Crippen LogP contribution in [-0.2, 0) is 0 Å². The molecule has 0 aliphatic rings. The van der Waals surface area contributed by atoms with E-state index in [4.69, 9.17) is 0 Å². The van der Waals surface area contributed by atoms with E-state index in [9.17, 15) is 4.79 Å². The van der Waals surface area contributed by atoms with Crippen molar-refractivity contribution in [3.05, 3.63) is 42.2 Å². The van der Waals surface area contributed by atoms with Gasteiger partial charge in [-0.2, -0.15) is 0 Å². The molecule has 0 aliphatic carbocycles. The molecule has 1 N–H and O–H groups in total. The zero-order valence-electron chi connectivity index (χ0n) is 8.53. The van der Waals surface area contributed by atoms with E-state index in [2.05, 4.69) is 10.3 Å². The summed E-state index contributed by atoms with van der Waals surface area (Å²) in [6.07, 6.45) is 3.40. The number of hydrogen-bond donors (Lipinski definition) is 1. The summed E-state index contributed by atoms with van der Waals surface area (Å²) in [4.78, 5) is 15.8. The third-order valence-corrected chi connectivity index (χ3v) is 2.31. The summed E-state index contributed by atoms with van der Waals surface area (Å²) in [5.74, 6) is 0.0711. The van der Waals surface area contributed by atoms with E-state index in [1.54, 1.807) is 19.4 Å². The number of likely N-dealkylation sites (N-methyl/N-ethyl adjacent to an activating group) is 1. The highest BCUT2D eigenvalue weighted by Gasteiger charge is 2.08. The van der Waals surface area contributed by atoms with Crippen molar-refractivity contribution in [1.82, 2.24) is 10.3 Å². The summed E-state index contributed by atoms with van der Waals surface area (Å²) >= 11 is 0. The van der Waals surface area contributed by atoms with Gasteiger partial charge >= 0.3 is 0 Å². The van der Waals surface area contributed by atoms with Gasteiger partial charge in [-0.3, -0.25) is 9.78 Å². The van der Waals surface area contributed by atoms with Crippen LogP contribution in [-0.4, -0.2) is 24.4 Å². The Morgan fingerprint density at radius 1 is 1.33 bits per heavy atom. The molecule has 0 atom stereocenters. The van der Waals surface area contributed by atoms with Crippen LogP contribution in [0.1, 0.15) is 10.4 Å². The monoisotopic (exact) mass is 200 g/mol. The van der Waals surface area contributed by atoms with Gasteiger partial charge in [0.1, 0.15) is 0 Å². The standard InChI is InChI=1S/C12H12N2O/c1-13-8-12(15)11-7-14-6-9-4-2-3-5-10(9)11/h2-7,13H,8H2,1H3. The molecule has 2 aromatic rings. The van der Waals surface area contributed by atoms with E-state index < -0.39 is 0 Å². The Balaban J connectivity index is 2.56. The molecule has 2 rings (SSSR count). The predicted octanol–water partition coefficient (Wildman–Crippen LogP) is 1.64. The SMILES string of the molecule is CNCC(=O)c1cncc2ccccc12. The van der Waals surface area contributed by atoms with E-state index in [0.717, 1.165) is 10.8 Å². The zero-order valence-corrected chi connectivity index (χ0v) is 8.53. The molecule has 0 amide bonds. The van der Waals surface area contributed by atoms with Crippen molar-refractivity contribution in [3.63, 3.8) is 0 Å². The number of carbonyl (C=O) groups is 1. The van der Waals surface area contributed by atoms with Crippen LogP contribution in [0.15, 0.2) is 36.7 Å². The quantitative estimate of drug-likeness (QED) is 0.766. The lowest BCUT2D eigenvalue weighted by Gasteiger charge is -2.04. The maximum atomic E-state index is 11.8. The largest absolute Gasteiger partial charge is 0.313 e. The number of ketones is 1. The topological polar surface area (TPSA) is 42.0 Å². The fraction of sp³-hybridized carbons (Fsp3) is 0.167. The van der Waals surface area contributed by atoms with Gasteiger partial charge in [0.25, 0.3) is 0 Å². The molecular formula is C12H12N2O. The molecule has 1 heterocycles. The number of fused-ring (bicyclic) bond motifs is 1. The molecule has 0 unspecified atom stereocenters. The van der Waals surface area contributed by atoms with Crippen molar-refractivity contribution >= 4 is 16.6 Å². The normalized spacial score (nSPS) is 10.5. The lowest BCUT2D eigenvalue weighted by molar-refractivity contribution is 0.0995. The first-order chi connectivity index (χ1) is 7.33. The fourth-order valence-corrected chi connectivity index (χ4v) is 1.59. The van der Waals surface area contributed by atoms with Crippen LogP contribution in [0.2, 0.25) is 0 Å². The number of benzene rings is 1. The second kappa shape index (κ2) is 4.19. The Kier molecular flexibility index (Phi) is 2.74. The minimum Gasteiger partial charge on any atom is -0.313 e. The Hall–Kier alpha value is -1.74. The molecule has 1 aromatic carbocycles. The smallest absolute Gasteiger partial charge is 0.178 e. The predicted molar refractivity (Wildman–Crippen MR) is 60.0 cm³/mol. The van der Waals surface area contributed by atoms with Gasteiger partial charge in [-0.05, 0) is 12.4 Å². The summed E-state index contributed by atoms with van der Waals surface area (Å²) < 4.78 is 0. The minimum absolute atomic E-state index is 0.0711. The Labute approximate surface area is 88.1 Å². The van der Waals surface area contributed by atoms with Gasteiger partial charge in [-0.15, -0.1) is 0 Å². The molecule has 76 valence electrons. The number of hydrogen-bond acceptors (Lipinski definition) is 3. The molecule has 0 spiro atoms. The van der Waals surface area contributed by atoms with Crippen LogP contribution >= 0.6 is 0 Å². The maximum Gasteiger partial charge on any atom is 0.178 e. The number of pyridine rings is 1. The molecule has 15 heavy (non-hydrogen) atoms. The van der Waals surface area contributed by atoms with Crippen molar-refractivity contribution in [1.29, 1.82) is 0 Å². The second-order valence-corrected chi connectivity index (χ2v) is 3.36. The number of Topliss-reactive ketones (excluding diaryl/α,β-unsaturated/α-hetero) is 1. The van der Waals surface area contributed by atoms with E-state index in [0.29, 0.717) is 12.1 Å². The van der Waals surface area contributed by atoms with Crippen LogP contribution in [0, 0.1) is 0 Å². The molecule has 0 aliphatic heterocycles. The average molecular weight is 200 g/mol. The summed E-state index contributed by atoms with van der Waals surface area (Å²) in [5.41, 5.74) is 0.683. The third-order valence-electron chi connectivity index (χ3n) is 2.31. The van der Waals surface area contributed by atoms with Gasteiger partial charge in [-0.1, -0.05) is 24.3 Å². The minimum atomic E-state index is 0.0711. The third kappa shape index (κ3) is 1.87. The fourth-order valence-electron chi connectivity index (χ4n) is 1.59. The number of rotatable bonds is 3. The molecule has 0 radical (unpaired) electrons. The van der Waals surface area contributed by atoms with Gasteiger partial charge in [0, 0.05) is 23.3 Å². The van der Waals surface area contributed by atoms with Crippen molar-refractivity contribution in [2.24, 2.45) is 0 Å². The van der Waals surface area contributed by atoms with Crippen molar-refractivity contribution in [2.45, 2.75) is 0 Å². The van der Waals surface area contributed by atoms with Crippen LogP contribution in [0.25, 0.3) is 10.8 Å². The van der Waals surface area contributed by atoms with Crippen LogP contribution in [0.4, 0.5) is 0 Å². The Bertz CT molecular complexity index is 488. The maximum absolute atomic E-state index is 11.8. The van der Waals surface area contributed by atoms with Gasteiger partial charge in [-0.25, -0.2) is 0 Å². The lowest BCUT2D eigenvalue weighted by atomic mass is 10.0. The molecular weight excluding hydrogens is 188 g/mol. The Morgan fingerprint density at radius 2 is 2.13 bits per heavy atom. The first kappa shape index (κ1) is 9.80. The summed E-state index contributed by atoms with van der Waals surface area (Å²) in [7, 11) is 1.76. The highest BCUT2D eigenvalue weighted by atomic mass is 16.1. The van der Waals surface area contributed by atoms with Gasteiger partial charge in [0.2, 0.25) is 0 Å². The first-order valence-corrected chi connectivity index (χ1v) is 4.83. The first-order valence-electron chi connectivity index (χ1n) is 4.83. The number of carbonyl (C=O) groups excluding carboxylic acids is 1. The van der Waals surface area contributed by atoms with Crippen molar-refractivity contribution in [3.8, 4) is 0 Å². The zero-order chi connectivity index (χ0) is 10.7. The summed E-state index contributed by atoms with van der Waals surface area (Å²) in [6, 6.07) is 7.77. The molecule has 3 nitrogen and oxygen atoms in total. The van der Waals surface area contributed by atoms with Gasteiger partial charge in [0.15, 0.2) is 5.78 Å².